The average Bonchev–Trinajstić information content (AvgIpc) is 2.54. The molecule has 0 spiro atoms. The SMILES string of the molecule is Cc1noc(C)c1S(=O)(=O)NCC(O)CC(C)(C)C. The number of aromatic nitrogens is 1. The lowest BCUT2D eigenvalue weighted by Crippen LogP contribution is -2.34. The summed E-state index contributed by atoms with van der Waals surface area (Å²) in [6.07, 6.45) is -0.216. The molecule has 0 aliphatic rings. The molecule has 1 heterocycles. The molecule has 0 amide bonds. The van der Waals surface area contributed by atoms with E-state index in [-0.39, 0.29) is 22.6 Å². The van der Waals surface area contributed by atoms with Gasteiger partial charge in [0.15, 0.2) is 5.76 Å². The van der Waals surface area contributed by atoms with Crippen LogP contribution in [0.25, 0.3) is 0 Å². The number of aliphatic hydroxyl groups is 1. The average molecular weight is 290 g/mol. The zero-order chi connectivity index (χ0) is 14.8. The zero-order valence-electron chi connectivity index (χ0n) is 12.0. The van der Waals surface area contributed by atoms with Crippen molar-refractivity contribution in [3.63, 3.8) is 0 Å². The van der Waals surface area contributed by atoms with Gasteiger partial charge in [-0.05, 0) is 25.7 Å². The molecule has 0 aliphatic heterocycles. The summed E-state index contributed by atoms with van der Waals surface area (Å²) in [6, 6.07) is 0. The predicted molar refractivity (Wildman–Crippen MR) is 71.2 cm³/mol. The Kier molecular flexibility index (Phi) is 4.76. The van der Waals surface area contributed by atoms with Crippen LogP contribution in [-0.4, -0.2) is 31.3 Å². The number of sulfonamides is 1. The first-order chi connectivity index (χ1) is 8.53. The van der Waals surface area contributed by atoms with Gasteiger partial charge < -0.3 is 9.63 Å². The molecule has 6 nitrogen and oxygen atoms in total. The molecule has 1 aromatic rings. The molecule has 1 atom stereocenters. The summed E-state index contributed by atoms with van der Waals surface area (Å²) in [5.41, 5.74) is 0.253. The Morgan fingerprint density at radius 1 is 1.37 bits per heavy atom. The molecule has 1 aromatic heterocycles. The predicted octanol–water partition coefficient (Wildman–Crippen LogP) is 1.37. The maximum Gasteiger partial charge on any atom is 0.246 e. The van der Waals surface area contributed by atoms with E-state index in [1.165, 1.54) is 0 Å². The summed E-state index contributed by atoms with van der Waals surface area (Å²) in [5.74, 6) is 0.246. The molecule has 0 aliphatic carbocycles. The molecule has 0 aromatic carbocycles. The Morgan fingerprint density at radius 3 is 2.37 bits per heavy atom. The van der Waals surface area contributed by atoms with Crippen LogP contribution < -0.4 is 4.72 Å². The van der Waals surface area contributed by atoms with Crippen molar-refractivity contribution in [1.29, 1.82) is 0 Å². The number of aryl methyl sites for hydroxylation is 2. The Morgan fingerprint density at radius 2 is 1.95 bits per heavy atom. The summed E-state index contributed by atoms with van der Waals surface area (Å²) >= 11 is 0. The van der Waals surface area contributed by atoms with Gasteiger partial charge in [0.25, 0.3) is 0 Å². The van der Waals surface area contributed by atoms with E-state index in [1.807, 2.05) is 20.8 Å². The number of hydrogen-bond acceptors (Lipinski definition) is 5. The monoisotopic (exact) mass is 290 g/mol. The maximum absolute atomic E-state index is 12.1. The van der Waals surface area contributed by atoms with Crippen molar-refractivity contribution >= 4 is 10.0 Å². The van der Waals surface area contributed by atoms with Crippen molar-refractivity contribution in [2.75, 3.05) is 6.54 Å². The topological polar surface area (TPSA) is 92.4 Å². The molecule has 19 heavy (non-hydrogen) atoms. The fraction of sp³-hybridized carbons (Fsp3) is 0.750. The fourth-order valence-corrected chi connectivity index (χ4v) is 3.31. The number of nitrogens with zero attached hydrogens (tertiary/aromatic N) is 1. The molecule has 0 bridgehead atoms. The van der Waals surface area contributed by atoms with E-state index in [0.29, 0.717) is 12.1 Å². The molecule has 0 radical (unpaired) electrons. The first-order valence-corrected chi connectivity index (χ1v) is 7.62. The van der Waals surface area contributed by atoms with Gasteiger partial charge in [-0.3, -0.25) is 0 Å². The van der Waals surface area contributed by atoms with Gasteiger partial charge in [-0.2, -0.15) is 0 Å². The van der Waals surface area contributed by atoms with E-state index in [4.69, 9.17) is 4.52 Å². The highest BCUT2D eigenvalue weighted by Gasteiger charge is 2.25. The quantitative estimate of drug-likeness (QED) is 0.854. The van der Waals surface area contributed by atoms with Gasteiger partial charge in [-0.25, -0.2) is 13.1 Å². The second-order valence-corrected chi connectivity index (χ2v) is 7.63. The van der Waals surface area contributed by atoms with E-state index in [2.05, 4.69) is 9.88 Å². The summed E-state index contributed by atoms with van der Waals surface area (Å²) < 4.78 is 31.4. The third-order valence-electron chi connectivity index (χ3n) is 2.59. The van der Waals surface area contributed by atoms with Crippen LogP contribution in [0.1, 0.15) is 38.6 Å². The lowest BCUT2D eigenvalue weighted by molar-refractivity contribution is 0.125. The van der Waals surface area contributed by atoms with Crippen LogP contribution in [0.15, 0.2) is 9.42 Å². The third kappa shape index (κ3) is 4.59. The molecule has 7 heteroatoms. The molecule has 1 rings (SSSR count). The molecule has 0 saturated heterocycles. The minimum atomic E-state index is -3.70. The van der Waals surface area contributed by atoms with Crippen LogP contribution in [0.2, 0.25) is 0 Å². The first-order valence-electron chi connectivity index (χ1n) is 6.13. The van der Waals surface area contributed by atoms with Crippen molar-refractivity contribution in [2.45, 2.75) is 52.0 Å². The van der Waals surface area contributed by atoms with E-state index in [0.717, 1.165) is 0 Å². The van der Waals surface area contributed by atoms with Crippen LogP contribution in [-0.2, 0) is 10.0 Å². The molecule has 2 N–H and O–H groups in total. The largest absolute Gasteiger partial charge is 0.392 e. The van der Waals surface area contributed by atoms with Crippen LogP contribution in [0, 0.1) is 19.3 Å². The summed E-state index contributed by atoms with van der Waals surface area (Å²) in [7, 11) is -3.70. The van der Waals surface area contributed by atoms with Crippen molar-refractivity contribution < 1.29 is 18.0 Å². The molecule has 0 saturated carbocycles. The van der Waals surface area contributed by atoms with Gasteiger partial charge in [0.05, 0.1) is 6.10 Å². The van der Waals surface area contributed by atoms with Gasteiger partial charge in [-0.1, -0.05) is 25.9 Å². The number of aliphatic hydroxyl groups excluding tert-OH is 1. The lowest BCUT2D eigenvalue weighted by atomic mass is 9.89. The standard InChI is InChI=1S/C12H22N2O4S/c1-8-11(9(2)18-14-8)19(16,17)13-7-10(15)6-12(3,4)5/h10,13,15H,6-7H2,1-5H3. The van der Waals surface area contributed by atoms with Gasteiger partial charge >= 0.3 is 0 Å². The summed E-state index contributed by atoms with van der Waals surface area (Å²) in [6.45, 7) is 9.04. The second kappa shape index (κ2) is 5.60. The van der Waals surface area contributed by atoms with E-state index in [9.17, 15) is 13.5 Å². The third-order valence-corrected chi connectivity index (χ3v) is 4.26. The smallest absolute Gasteiger partial charge is 0.246 e. The number of nitrogens with one attached hydrogen (secondary N) is 1. The fourth-order valence-electron chi connectivity index (χ4n) is 1.92. The van der Waals surface area contributed by atoms with E-state index >= 15 is 0 Å². The van der Waals surface area contributed by atoms with Gasteiger partial charge in [0.2, 0.25) is 10.0 Å². The highest BCUT2D eigenvalue weighted by atomic mass is 32.2. The summed E-state index contributed by atoms with van der Waals surface area (Å²) in [4.78, 5) is 0.0514. The molecule has 0 fully saturated rings. The van der Waals surface area contributed by atoms with E-state index < -0.39 is 16.1 Å². The van der Waals surface area contributed by atoms with Crippen molar-refractivity contribution in [1.82, 2.24) is 9.88 Å². The zero-order valence-corrected chi connectivity index (χ0v) is 12.8. The Balaban J connectivity index is 2.72. The van der Waals surface area contributed by atoms with Crippen LogP contribution in [0.5, 0.6) is 0 Å². The van der Waals surface area contributed by atoms with Gasteiger partial charge in [0, 0.05) is 6.54 Å². The Hall–Kier alpha value is -0.920. The Labute approximate surface area is 114 Å². The van der Waals surface area contributed by atoms with Gasteiger partial charge in [-0.15, -0.1) is 0 Å². The molecule has 110 valence electrons. The maximum atomic E-state index is 12.1. The van der Waals surface area contributed by atoms with Crippen LogP contribution in [0.3, 0.4) is 0 Å². The molecule has 1 unspecified atom stereocenters. The van der Waals surface area contributed by atoms with E-state index in [1.54, 1.807) is 13.8 Å². The minimum Gasteiger partial charge on any atom is -0.392 e. The minimum absolute atomic E-state index is 0.0241. The highest BCUT2D eigenvalue weighted by Crippen LogP contribution is 2.21. The van der Waals surface area contributed by atoms with Gasteiger partial charge in [0.1, 0.15) is 10.6 Å². The molecular weight excluding hydrogens is 268 g/mol. The van der Waals surface area contributed by atoms with Crippen LogP contribution >= 0.6 is 0 Å². The van der Waals surface area contributed by atoms with Crippen molar-refractivity contribution in [3.05, 3.63) is 11.5 Å². The molecular formula is C12H22N2O4S. The lowest BCUT2D eigenvalue weighted by Gasteiger charge is -2.22. The number of rotatable bonds is 5. The van der Waals surface area contributed by atoms with Crippen LogP contribution in [0.4, 0.5) is 0 Å². The normalized spacial score (nSPS) is 14.6. The Bertz CT molecular complexity index is 509. The van der Waals surface area contributed by atoms with Crippen molar-refractivity contribution in [2.24, 2.45) is 5.41 Å². The first kappa shape index (κ1) is 16.1. The number of hydrogen-bond donors (Lipinski definition) is 2. The highest BCUT2D eigenvalue weighted by molar-refractivity contribution is 7.89. The summed E-state index contributed by atoms with van der Waals surface area (Å²) in [5, 5.41) is 13.4. The van der Waals surface area contributed by atoms with Crippen molar-refractivity contribution in [3.8, 4) is 0 Å². The second-order valence-electron chi connectivity index (χ2n) is 5.92.